The van der Waals surface area contributed by atoms with Gasteiger partial charge in [-0.25, -0.2) is 0 Å². The van der Waals surface area contributed by atoms with Crippen molar-refractivity contribution in [1.82, 2.24) is 0 Å². The van der Waals surface area contributed by atoms with E-state index in [0.29, 0.717) is 6.42 Å². The Morgan fingerprint density at radius 1 is 1.58 bits per heavy atom. The van der Waals surface area contributed by atoms with Crippen LogP contribution in [-0.2, 0) is 20.2 Å². The molecule has 0 atom stereocenters. The Morgan fingerprint density at radius 3 is 2.00 bits per heavy atom. The van der Waals surface area contributed by atoms with Gasteiger partial charge in [0, 0.05) is 17.6 Å². The zero-order valence-corrected chi connectivity index (χ0v) is 10.5. The van der Waals surface area contributed by atoms with Crippen molar-refractivity contribution in [2.24, 2.45) is 0 Å². The molecule has 0 unspecified atom stereocenters. The zero-order valence-electron chi connectivity index (χ0n) is 6.89. The molecule has 0 saturated heterocycles. The molecule has 0 rings (SSSR count). The monoisotopic (exact) mass is 219 g/mol. The molecule has 12 heavy (non-hydrogen) atoms. The first-order valence-corrected chi connectivity index (χ1v) is 5.17. The Kier molecular flexibility index (Phi) is 18.2. The summed E-state index contributed by atoms with van der Waals surface area (Å²) < 4.78 is 24.0. The maximum absolute atomic E-state index is 9.11. The van der Waals surface area contributed by atoms with E-state index in [1.165, 1.54) is 0 Å². The second-order valence-electron chi connectivity index (χ2n) is 1.56. The van der Waals surface area contributed by atoms with Gasteiger partial charge in [-0.05, 0) is 0 Å². The van der Waals surface area contributed by atoms with Crippen molar-refractivity contribution < 1.29 is 42.9 Å². The molecule has 0 amide bonds. The fourth-order valence-corrected chi connectivity index (χ4v) is 0.204. The molecule has 0 aromatic rings. The van der Waals surface area contributed by atoms with E-state index in [1.807, 2.05) is 6.07 Å². The van der Waals surface area contributed by atoms with E-state index >= 15 is 0 Å². The van der Waals surface area contributed by atoms with Crippen molar-refractivity contribution >= 4 is 20.2 Å². The van der Waals surface area contributed by atoms with Crippen molar-refractivity contribution in [2.45, 2.75) is 19.3 Å². The Labute approximate surface area is 100.0 Å². The molecule has 7 heteroatoms. The molecule has 0 heterocycles. The second-order valence-corrected chi connectivity index (χ2v) is 3.76. The molecule has 0 aromatic carbocycles. The molecular formula is C5H10NNaO3S2. The van der Waals surface area contributed by atoms with E-state index in [9.17, 15) is 0 Å². The van der Waals surface area contributed by atoms with E-state index in [-0.39, 0.29) is 29.6 Å². The van der Waals surface area contributed by atoms with Crippen LogP contribution in [0.5, 0.6) is 0 Å². The van der Waals surface area contributed by atoms with Crippen molar-refractivity contribution in [3.63, 3.8) is 0 Å². The standard InChI is InChI=1S/C5H8N.Na.H2O3S2/c1-2-3-4-5-6;;1-5(2,3)4/h1-4H2;;(H2,1,2,3,4)/q-1;+1;. The first-order chi connectivity index (χ1) is 4.91. The van der Waals surface area contributed by atoms with E-state index in [0.717, 1.165) is 12.8 Å². The number of nitriles is 1. The summed E-state index contributed by atoms with van der Waals surface area (Å²) in [5.74, 6) is 0. The average Bonchev–Trinajstić information content (AvgIpc) is 1.79. The molecule has 0 spiro atoms. The van der Waals surface area contributed by atoms with Crippen LogP contribution in [0.15, 0.2) is 0 Å². The van der Waals surface area contributed by atoms with Crippen LogP contribution in [0.4, 0.5) is 0 Å². The summed E-state index contributed by atoms with van der Waals surface area (Å²) in [5.41, 5.74) is 0. The predicted molar refractivity (Wildman–Crippen MR) is 45.6 cm³/mol. The molecule has 0 aliphatic heterocycles. The molecular weight excluding hydrogens is 209 g/mol. The summed E-state index contributed by atoms with van der Waals surface area (Å²) in [6.45, 7) is 3.57. The molecule has 2 N–H and O–H groups in total. The largest absolute Gasteiger partial charge is 1.00 e. The van der Waals surface area contributed by atoms with E-state index < -0.39 is 9.05 Å². The SMILES string of the molecule is O=S(O)(O)=S.[CH2-]CCCC#N.[Na+]. The van der Waals surface area contributed by atoms with E-state index in [1.54, 1.807) is 0 Å². The van der Waals surface area contributed by atoms with Gasteiger partial charge in [0.2, 0.25) is 0 Å². The minimum absolute atomic E-state index is 0. The van der Waals surface area contributed by atoms with Crippen molar-refractivity contribution in [2.75, 3.05) is 0 Å². The second kappa shape index (κ2) is 11.8. The van der Waals surface area contributed by atoms with Crippen LogP contribution in [0.2, 0.25) is 0 Å². The maximum atomic E-state index is 9.11. The van der Waals surface area contributed by atoms with Crippen LogP contribution in [0.25, 0.3) is 0 Å². The first-order valence-electron chi connectivity index (χ1n) is 2.78. The molecule has 0 radical (unpaired) electrons. The number of rotatable bonds is 2. The molecule has 0 bridgehead atoms. The number of hydrogen-bond acceptors (Lipinski definition) is 3. The fraction of sp³-hybridized carbons (Fsp3) is 0.600. The van der Waals surface area contributed by atoms with E-state index in [2.05, 4.69) is 18.1 Å². The van der Waals surface area contributed by atoms with Crippen molar-refractivity contribution in [3.8, 4) is 6.07 Å². The smallest absolute Gasteiger partial charge is 0.343 e. The quantitative estimate of drug-likeness (QED) is 0.325. The number of unbranched alkanes of at least 4 members (excludes halogenated alkanes) is 2. The Hall–Kier alpha value is 0.780. The maximum Gasteiger partial charge on any atom is 1.00 e. The molecule has 0 saturated carbocycles. The van der Waals surface area contributed by atoms with Gasteiger partial charge in [0.15, 0.2) is 0 Å². The number of nitrogens with zero attached hydrogens (tertiary/aromatic N) is 1. The minimum atomic E-state index is -3.83. The zero-order chi connectivity index (χ0) is 9.33. The normalized spacial score (nSPS) is 8.50. The third-order valence-corrected chi connectivity index (χ3v) is 0.539. The fourth-order valence-electron chi connectivity index (χ4n) is 0.204. The van der Waals surface area contributed by atoms with Gasteiger partial charge in [0.05, 0.1) is 6.07 Å². The first kappa shape index (κ1) is 18.5. The van der Waals surface area contributed by atoms with Crippen LogP contribution < -0.4 is 29.6 Å². The molecule has 0 aromatic heterocycles. The molecule has 0 aliphatic rings. The Morgan fingerprint density at radius 2 is 1.92 bits per heavy atom. The van der Waals surface area contributed by atoms with Gasteiger partial charge in [-0.15, -0.1) is 0 Å². The van der Waals surface area contributed by atoms with Crippen LogP contribution in [0.3, 0.4) is 0 Å². The summed E-state index contributed by atoms with van der Waals surface area (Å²) in [4.78, 5) is 0. The molecule has 4 nitrogen and oxygen atoms in total. The summed E-state index contributed by atoms with van der Waals surface area (Å²) in [5, 5.41) is 7.92. The van der Waals surface area contributed by atoms with Gasteiger partial charge in [0.1, 0.15) is 0 Å². The summed E-state index contributed by atoms with van der Waals surface area (Å²) in [7, 11) is -3.83. The molecule has 0 fully saturated rings. The third-order valence-electron chi connectivity index (χ3n) is 0.539. The van der Waals surface area contributed by atoms with Crippen molar-refractivity contribution in [3.05, 3.63) is 6.92 Å². The van der Waals surface area contributed by atoms with Crippen LogP contribution in [-0.4, -0.2) is 13.3 Å². The predicted octanol–water partition coefficient (Wildman–Crippen LogP) is -1.80. The summed E-state index contributed by atoms with van der Waals surface area (Å²) >= 11 is 3.47. The van der Waals surface area contributed by atoms with Gasteiger partial charge >= 0.3 is 29.6 Å². The Bertz CT molecular complexity index is 201. The van der Waals surface area contributed by atoms with Gasteiger partial charge in [0.25, 0.3) is 9.05 Å². The average molecular weight is 219 g/mol. The van der Waals surface area contributed by atoms with Crippen LogP contribution in [0.1, 0.15) is 19.3 Å². The van der Waals surface area contributed by atoms with Gasteiger partial charge in [-0.1, -0.05) is 6.42 Å². The van der Waals surface area contributed by atoms with Crippen LogP contribution in [0, 0.1) is 18.3 Å². The Balaban J connectivity index is -0.000000126. The topological polar surface area (TPSA) is 81.3 Å². The molecule has 0 aliphatic carbocycles. The summed E-state index contributed by atoms with van der Waals surface area (Å²) in [6.07, 6.45) is 2.48. The van der Waals surface area contributed by atoms with Gasteiger partial charge in [-0.2, -0.15) is 15.9 Å². The van der Waals surface area contributed by atoms with Gasteiger partial charge < -0.3 is 6.92 Å². The van der Waals surface area contributed by atoms with E-state index in [4.69, 9.17) is 18.6 Å². The van der Waals surface area contributed by atoms with Crippen molar-refractivity contribution in [1.29, 1.82) is 5.26 Å². The number of hydrogen-bond donors (Lipinski definition) is 2. The van der Waals surface area contributed by atoms with Crippen LogP contribution >= 0.6 is 0 Å². The third kappa shape index (κ3) is 72.2. The summed E-state index contributed by atoms with van der Waals surface area (Å²) in [6, 6.07) is 2.03. The van der Waals surface area contributed by atoms with Gasteiger partial charge in [-0.3, -0.25) is 9.11 Å². The molecule has 66 valence electrons. The minimum Gasteiger partial charge on any atom is -0.343 e.